The van der Waals surface area contributed by atoms with Gasteiger partial charge in [0.05, 0.1) is 18.8 Å². The number of hydrogen-bond acceptors (Lipinski definition) is 6. The van der Waals surface area contributed by atoms with Crippen LogP contribution in [-0.4, -0.2) is 31.7 Å². The molecular formula is C19H21FN2O5. The minimum atomic E-state index is -0.815. The third kappa shape index (κ3) is 5.60. The maximum Gasteiger partial charge on any atom is 0.340 e. The van der Waals surface area contributed by atoms with Gasteiger partial charge in [0.15, 0.2) is 18.1 Å². The Morgan fingerprint density at radius 1 is 1.04 bits per heavy atom. The normalized spacial score (nSPS) is 10.2. The zero-order valence-electron chi connectivity index (χ0n) is 15.1. The third-order valence-corrected chi connectivity index (χ3v) is 3.40. The first-order valence-electron chi connectivity index (χ1n) is 8.36. The SMILES string of the molecule is CCOc1ccc(NC(=O)COC(=O)c2ccc(F)cc2N)cc1OCC. The zero-order valence-corrected chi connectivity index (χ0v) is 15.1. The maximum absolute atomic E-state index is 13.0. The van der Waals surface area contributed by atoms with Gasteiger partial charge in [0.1, 0.15) is 5.82 Å². The molecule has 0 atom stereocenters. The Hall–Kier alpha value is -3.29. The van der Waals surface area contributed by atoms with E-state index in [1.165, 1.54) is 6.07 Å². The minimum absolute atomic E-state index is 0.0103. The lowest BCUT2D eigenvalue weighted by Crippen LogP contribution is -2.21. The molecule has 27 heavy (non-hydrogen) atoms. The Morgan fingerprint density at radius 2 is 1.74 bits per heavy atom. The van der Waals surface area contributed by atoms with Crippen LogP contribution in [0.3, 0.4) is 0 Å². The summed E-state index contributed by atoms with van der Waals surface area (Å²) in [7, 11) is 0. The van der Waals surface area contributed by atoms with Gasteiger partial charge in [-0.05, 0) is 44.2 Å². The monoisotopic (exact) mass is 376 g/mol. The van der Waals surface area contributed by atoms with Gasteiger partial charge in [0.25, 0.3) is 5.91 Å². The van der Waals surface area contributed by atoms with Crippen molar-refractivity contribution >= 4 is 23.3 Å². The van der Waals surface area contributed by atoms with Crippen LogP contribution in [0, 0.1) is 5.82 Å². The van der Waals surface area contributed by atoms with Crippen molar-refractivity contribution in [2.75, 3.05) is 30.9 Å². The molecule has 0 heterocycles. The summed E-state index contributed by atoms with van der Waals surface area (Å²) in [6.45, 7) is 4.09. The first-order valence-corrected chi connectivity index (χ1v) is 8.36. The van der Waals surface area contributed by atoms with E-state index in [2.05, 4.69) is 5.32 Å². The number of carbonyl (C=O) groups is 2. The molecule has 0 unspecified atom stereocenters. The highest BCUT2D eigenvalue weighted by Crippen LogP contribution is 2.30. The van der Waals surface area contributed by atoms with E-state index in [4.69, 9.17) is 19.9 Å². The summed E-state index contributed by atoms with van der Waals surface area (Å²) in [6.07, 6.45) is 0. The van der Waals surface area contributed by atoms with Crippen LogP contribution in [0.15, 0.2) is 36.4 Å². The summed E-state index contributed by atoms with van der Waals surface area (Å²) in [5.41, 5.74) is 5.96. The molecular weight excluding hydrogens is 355 g/mol. The van der Waals surface area contributed by atoms with Crippen LogP contribution in [0.4, 0.5) is 15.8 Å². The fourth-order valence-electron chi connectivity index (χ4n) is 2.25. The molecule has 0 saturated carbocycles. The fraction of sp³-hybridized carbons (Fsp3) is 0.263. The number of nitrogen functional groups attached to an aromatic ring is 1. The molecule has 0 aliphatic carbocycles. The summed E-state index contributed by atoms with van der Waals surface area (Å²) >= 11 is 0. The van der Waals surface area contributed by atoms with E-state index < -0.39 is 24.3 Å². The van der Waals surface area contributed by atoms with Crippen LogP contribution in [0.2, 0.25) is 0 Å². The van der Waals surface area contributed by atoms with E-state index in [-0.39, 0.29) is 11.3 Å². The van der Waals surface area contributed by atoms with E-state index in [1.54, 1.807) is 18.2 Å². The molecule has 144 valence electrons. The van der Waals surface area contributed by atoms with Crippen LogP contribution in [-0.2, 0) is 9.53 Å². The number of rotatable bonds is 8. The predicted octanol–water partition coefficient (Wildman–Crippen LogP) is 3.00. The molecule has 0 fully saturated rings. The molecule has 0 spiro atoms. The number of nitrogens with one attached hydrogen (secondary N) is 1. The molecule has 0 aliphatic rings. The molecule has 0 aromatic heterocycles. The summed E-state index contributed by atoms with van der Waals surface area (Å²) in [6, 6.07) is 8.23. The van der Waals surface area contributed by atoms with Gasteiger partial charge in [0, 0.05) is 17.4 Å². The molecule has 0 saturated heterocycles. The highest BCUT2D eigenvalue weighted by molar-refractivity contribution is 5.98. The minimum Gasteiger partial charge on any atom is -0.490 e. The Labute approximate surface area is 156 Å². The highest BCUT2D eigenvalue weighted by atomic mass is 19.1. The maximum atomic E-state index is 13.0. The Morgan fingerprint density at radius 3 is 2.41 bits per heavy atom. The summed E-state index contributed by atoms with van der Waals surface area (Å²) in [5, 5.41) is 2.60. The number of carbonyl (C=O) groups excluding carboxylic acids is 2. The number of nitrogens with two attached hydrogens (primary N) is 1. The molecule has 2 aromatic carbocycles. The summed E-state index contributed by atoms with van der Waals surface area (Å²) < 4.78 is 28.9. The fourth-order valence-corrected chi connectivity index (χ4v) is 2.25. The van der Waals surface area contributed by atoms with Crippen LogP contribution in [0.25, 0.3) is 0 Å². The van der Waals surface area contributed by atoms with Crippen molar-refractivity contribution in [2.24, 2.45) is 0 Å². The van der Waals surface area contributed by atoms with Gasteiger partial charge in [-0.2, -0.15) is 0 Å². The van der Waals surface area contributed by atoms with E-state index in [0.717, 1.165) is 12.1 Å². The van der Waals surface area contributed by atoms with Crippen molar-refractivity contribution < 1.29 is 28.2 Å². The molecule has 2 aromatic rings. The first-order chi connectivity index (χ1) is 12.9. The largest absolute Gasteiger partial charge is 0.490 e. The molecule has 0 radical (unpaired) electrons. The van der Waals surface area contributed by atoms with Gasteiger partial charge in [-0.25, -0.2) is 9.18 Å². The smallest absolute Gasteiger partial charge is 0.340 e. The van der Waals surface area contributed by atoms with Crippen molar-refractivity contribution in [3.63, 3.8) is 0 Å². The average Bonchev–Trinajstić information content (AvgIpc) is 2.62. The number of amides is 1. The molecule has 1 amide bonds. The lowest BCUT2D eigenvalue weighted by Gasteiger charge is -2.13. The summed E-state index contributed by atoms with van der Waals surface area (Å²) in [4.78, 5) is 24.0. The molecule has 2 rings (SSSR count). The Bertz CT molecular complexity index is 826. The van der Waals surface area contributed by atoms with Gasteiger partial charge < -0.3 is 25.3 Å². The second kappa shape index (κ2) is 9.42. The van der Waals surface area contributed by atoms with E-state index in [9.17, 15) is 14.0 Å². The van der Waals surface area contributed by atoms with Crippen molar-refractivity contribution in [1.82, 2.24) is 0 Å². The van der Waals surface area contributed by atoms with E-state index in [0.29, 0.717) is 30.4 Å². The topological polar surface area (TPSA) is 99.9 Å². The van der Waals surface area contributed by atoms with Crippen molar-refractivity contribution in [1.29, 1.82) is 0 Å². The molecule has 7 nitrogen and oxygen atoms in total. The predicted molar refractivity (Wildman–Crippen MR) is 98.5 cm³/mol. The van der Waals surface area contributed by atoms with Crippen molar-refractivity contribution in [3.05, 3.63) is 47.8 Å². The van der Waals surface area contributed by atoms with Crippen molar-refractivity contribution in [2.45, 2.75) is 13.8 Å². The number of anilines is 2. The van der Waals surface area contributed by atoms with Gasteiger partial charge >= 0.3 is 5.97 Å². The number of halogens is 1. The average molecular weight is 376 g/mol. The second-order valence-corrected chi connectivity index (χ2v) is 5.38. The zero-order chi connectivity index (χ0) is 19.8. The van der Waals surface area contributed by atoms with Crippen molar-refractivity contribution in [3.8, 4) is 11.5 Å². The second-order valence-electron chi connectivity index (χ2n) is 5.38. The molecule has 8 heteroatoms. The van der Waals surface area contributed by atoms with Gasteiger partial charge in [-0.15, -0.1) is 0 Å². The number of hydrogen-bond donors (Lipinski definition) is 2. The molecule has 0 aliphatic heterocycles. The van der Waals surface area contributed by atoms with E-state index in [1.807, 2.05) is 13.8 Å². The number of esters is 1. The number of benzene rings is 2. The lowest BCUT2D eigenvalue weighted by molar-refractivity contribution is -0.119. The van der Waals surface area contributed by atoms with Crippen LogP contribution in [0.1, 0.15) is 24.2 Å². The standard InChI is InChI=1S/C19H21FN2O5/c1-3-25-16-8-6-13(10-17(16)26-4-2)22-18(23)11-27-19(24)14-7-5-12(20)9-15(14)21/h5-10H,3-4,11,21H2,1-2H3,(H,22,23). The quantitative estimate of drug-likeness (QED) is 0.543. The summed E-state index contributed by atoms with van der Waals surface area (Å²) in [5.74, 6) is -0.869. The van der Waals surface area contributed by atoms with Gasteiger partial charge in [-0.1, -0.05) is 0 Å². The molecule has 3 N–H and O–H groups in total. The van der Waals surface area contributed by atoms with Gasteiger partial charge in [-0.3, -0.25) is 4.79 Å². The molecule has 0 bridgehead atoms. The van der Waals surface area contributed by atoms with E-state index >= 15 is 0 Å². The van der Waals surface area contributed by atoms with Crippen LogP contribution >= 0.6 is 0 Å². The number of ether oxygens (including phenoxy) is 3. The van der Waals surface area contributed by atoms with Crippen LogP contribution in [0.5, 0.6) is 11.5 Å². The Kier molecular flexibility index (Phi) is 6.99. The highest BCUT2D eigenvalue weighted by Gasteiger charge is 2.14. The Balaban J connectivity index is 1.97. The lowest BCUT2D eigenvalue weighted by atomic mass is 10.2. The third-order valence-electron chi connectivity index (χ3n) is 3.40. The first kappa shape index (κ1) is 20.0. The van der Waals surface area contributed by atoms with Gasteiger partial charge in [0.2, 0.25) is 0 Å². The van der Waals surface area contributed by atoms with Crippen LogP contribution < -0.4 is 20.5 Å².